The Hall–Kier alpha value is -1.72. The fourth-order valence-corrected chi connectivity index (χ4v) is 3.00. The molecule has 0 spiro atoms. The third-order valence-electron chi connectivity index (χ3n) is 4.39. The van der Waals surface area contributed by atoms with E-state index in [1.165, 1.54) is 0 Å². The number of rotatable bonds is 11. The van der Waals surface area contributed by atoms with Crippen molar-refractivity contribution in [3.8, 4) is 0 Å². The van der Waals surface area contributed by atoms with Crippen molar-refractivity contribution in [3.05, 3.63) is 36.5 Å². The molecule has 1 rings (SSSR count). The van der Waals surface area contributed by atoms with Crippen LogP contribution in [0.3, 0.4) is 0 Å². The molecule has 0 aromatic heterocycles. The highest BCUT2D eigenvalue weighted by Gasteiger charge is 2.39. The molecule has 0 aromatic carbocycles. The molecule has 0 amide bonds. The van der Waals surface area contributed by atoms with Crippen LogP contribution in [0.4, 0.5) is 0 Å². The zero-order valence-corrected chi connectivity index (χ0v) is 14.9. The smallest absolute Gasteiger partial charge is 0.303 e. The van der Waals surface area contributed by atoms with Crippen molar-refractivity contribution in [1.29, 1.82) is 0 Å². The summed E-state index contributed by atoms with van der Waals surface area (Å²) in [5, 5.41) is 28.6. The molecule has 3 N–H and O–H groups in total. The van der Waals surface area contributed by atoms with Gasteiger partial charge >= 0.3 is 5.97 Å². The van der Waals surface area contributed by atoms with E-state index >= 15 is 0 Å². The van der Waals surface area contributed by atoms with Gasteiger partial charge in [-0.05, 0) is 32.1 Å². The molecule has 1 aliphatic rings. The molecule has 0 saturated heterocycles. The van der Waals surface area contributed by atoms with Gasteiger partial charge in [0.2, 0.25) is 0 Å². The molecule has 4 atom stereocenters. The van der Waals surface area contributed by atoms with Crippen LogP contribution in [0.15, 0.2) is 36.5 Å². The van der Waals surface area contributed by atoms with E-state index in [1.54, 1.807) is 12.2 Å². The van der Waals surface area contributed by atoms with Crippen molar-refractivity contribution in [2.75, 3.05) is 0 Å². The fraction of sp³-hybridized carbons (Fsp3) is 0.600. The van der Waals surface area contributed by atoms with E-state index in [0.717, 1.165) is 6.42 Å². The summed E-state index contributed by atoms with van der Waals surface area (Å²) in [6.45, 7) is 2.02. The van der Waals surface area contributed by atoms with Gasteiger partial charge in [-0.1, -0.05) is 43.4 Å². The highest BCUT2D eigenvalue weighted by atomic mass is 16.4. The molecule has 0 heterocycles. The highest BCUT2D eigenvalue weighted by molar-refractivity contribution is 5.86. The molecular weight excluding hydrogens is 320 g/mol. The summed E-state index contributed by atoms with van der Waals surface area (Å²) in [6.07, 6.45) is 13.4. The van der Waals surface area contributed by atoms with Crippen LogP contribution in [0.5, 0.6) is 0 Å². The Morgan fingerprint density at radius 2 is 2.04 bits per heavy atom. The monoisotopic (exact) mass is 350 g/mol. The van der Waals surface area contributed by atoms with Crippen molar-refractivity contribution in [2.45, 2.75) is 64.1 Å². The molecule has 1 fully saturated rings. The SMILES string of the molecule is CC/C=C\C[C@@H](O)/C=C/[C@H]1C(=O)C[C@@H](O)[C@@H]1C/C=C\CCCC(=O)O. The van der Waals surface area contributed by atoms with Crippen molar-refractivity contribution in [2.24, 2.45) is 11.8 Å². The van der Waals surface area contributed by atoms with Crippen molar-refractivity contribution in [3.63, 3.8) is 0 Å². The number of carbonyl (C=O) groups excluding carboxylic acids is 1. The van der Waals surface area contributed by atoms with Gasteiger partial charge in [0.1, 0.15) is 5.78 Å². The lowest BCUT2D eigenvalue weighted by Crippen LogP contribution is -2.19. The number of hydrogen-bond donors (Lipinski definition) is 3. The lowest BCUT2D eigenvalue weighted by molar-refractivity contribution is -0.137. The van der Waals surface area contributed by atoms with Crippen LogP contribution in [0.1, 0.15) is 51.9 Å². The van der Waals surface area contributed by atoms with E-state index in [0.29, 0.717) is 25.7 Å². The normalized spacial score (nSPS) is 25.6. The van der Waals surface area contributed by atoms with Crippen LogP contribution >= 0.6 is 0 Å². The number of unbranched alkanes of at least 4 members (excludes halogenated alkanes) is 1. The maximum Gasteiger partial charge on any atom is 0.303 e. The summed E-state index contributed by atoms with van der Waals surface area (Å²) in [6, 6.07) is 0. The first kappa shape index (κ1) is 21.3. The van der Waals surface area contributed by atoms with Crippen molar-refractivity contribution < 1.29 is 24.9 Å². The fourth-order valence-electron chi connectivity index (χ4n) is 3.00. The van der Waals surface area contributed by atoms with Gasteiger partial charge in [-0.15, -0.1) is 0 Å². The third-order valence-corrected chi connectivity index (χ3v) is 4.39. The molecule has 1 aliphatic carbocycles. The number of Topliss-reactive ketones (excluding diaryl/α,β-unsaturated/α-hetero) is 1. The molecule has 5 nitrogen and oxygen atoms in total. The van der Waals surface area contributed by atoms with Gasteiger partial charge in [0.25, 0.3) is 0 Å². The van der Waals surface area contributed by atoms with E-state index in [2.05, 4.69) is 0 Å². The largest absolute Gasteiger partial charge is 0.481 e. The average Bonchev–Trinajstić information content (AvgIpc) is 2.82. The summed E-state index contributed by atoms with van der Waals surface area (Å²) < 4.78 is 0. The Kier molecular flexibility index (Phi) is 10.0. The minimum absolute atomic E-state index is 0.00401. The Bertz CT molecular complexity index is 506. The molecule has 0 bridgehead atoms. The first-order valence-corrected chi connectivity index (χ1v) is 9.04. The molecule has 5 heteroatoms. The van der Waals surface area contributed by atoms with Crippen LogP contribution < -0.4 is 0 Å². The Balaban J connectivity index is 2.52. The first-order chi connectivity index (χ1) is 12.0. The zero-order chi connectivity index (χ0) is 18.7. The number of aliphatic hydroxyl groups excluding tert-OH is 2. The van der Waals surface area contributed by atoms with Crippen LogP contribution in [0, 0.1) is 11.8 Å². The zero-order valence-electron chi connectivity index (χ0n) is 14.9. The molecule has 0 radical (unpaired) electrons. The van der Waals surface area contributed by atoms with Gasteiger partial charge in [-0.2, -0.15) is 0 Å². The van der Waals surface area contributed by atoms with E-state index in [4.69, 9.17) is 5.11 Å². The number of ketones is 1. The molecular formula is C20H30O5. The maximum absolute atomic E-state index is 12.1. The quantitative estimate of drug-likeness (QED) is 0.393. The van der Waals surface area contributed by atoms with E-state index < -0.39 is 18.2 Å². The van der Waals surface area contributed by atoms with Crippen LogP contribution in [-0.4, -0.2) is 39.3 Å². The average molecular weight is 350 g/mol. The summed E-state index contributed by atoms with van der Waals surface area (Å²) in [7, 11) is 0. The Morgan fingerprint density at radius 3 is 2.72 bits per heavy atom. The van der Waals surface area contributed by atoms with Gasteiger partial charge in [-0.3, -0.25) is 9.59 Å². The second-order valence-corrected chi connectivity index (χ2v) is 6.49. The predicted molar refractivity (Wildman–Crippen MR) is 97.0 cm³/mol. The Labute approximate surface area is 149 Å². The number of carboxylic acid groups (broad SMARTS) is 1. The maximum atomic E-state index is 12.1. The summed E-state index contributed by atoms with van der Waals surface area (Å²) in [4.78, 5) is 22.5. The van der Waals surface area contributed by atoms with Gasteiger partial charge in [0, 0.05) is 24.7 Å². The standard InChI is InChI=1S/C20H30O5/c1-2-3-6-9-15(21)12-13-17-16(18(22)14-19(17)23)10-7-4-5-8-11-20(24)25/h3-4,6-7,12-13,15-18,21-22H,2,5,8-11,14H2,1H3,(H,24,25)/b6-3-,7-4-,13-12+/t15-,16-,17-,18-/m1/s1. The number of carboxylic acids is 1. The number of hydrogen-bond acceptors (Lipinski definition) is 4. The predicted octanol–water partition coefficient (Wildman–Crippen LogP) is 3.03. The number of aliphatic hydroxyl groups is 2. The summed E-state index contributed by atoms with van der Waals surface area (Å²) >= 11 is 0. The van der Waals surface area contributed by atoms with Crippen molar-refractivity contribution >= 4 is 11.8 Å². The number of allylic oxidation sites excluding steroid dienone is 4. The van der Waals surface area contributed by atoms with E-state index in [-0.39, 0.29) is 30.5 Å². The lowest BCUT2D eigenvalue weighted by atomic mass is 9.90. The molecule has 25 heavy (non-hydrogen) atoms. The number of carbonyl (C=O) groups is 2. The molecule has 0 aliphatic heterocycles. The molecule has 0 unspecified atom stereocenters. The van der Waals surface area contributed by atoms with Gasteiger partial charge in [0.05, 0.1) is 12.2 Å². The van der Waals surface area contributed by atoms with Crippen LogP contribution in [0.25, 0.3) is 0 Å². The van der Waals surface area contributed by atoms with Gasteiger partial charge in [-0.25, -0.2) is 0 Å². The highest BCUT2D eigenvalue weighted by Crippen LogP contribution is 2.33. The Morgan fingerprint density at radius 1 is 1.28 bits per heavy atom. The minimum Gasteiger partial charge on any atom is -0.481 e. The summed E-state index contributed by atoms with van der Waals surface area (Å²) in [5.41, 5.74) is 0. The van der Waals surface area contributed by atoms with E-state index in [1.807, 2.05) is 31.2 Å². The second kappa shape index (κ2) is 11.8. The van der Waals surface area contributed by atoms with Crippen molar-refractivity contribution in [1.82, 2.24) is 0 Å². The lowest BCUT2D eigenvalue weighted by Gasteiger charge is -2.17. The van der Waals surface area contributed by atoms with Gasteiger partial charge < -0.3 is 15.3 Å². The molecule has 1 saturated carbocycles. The summed E-state index contributed by atoms with van der Waals surface area (Å²) in [5.74, 6) is -1.35. The van der Waals surface area contributed by atoms with E-state index in [9.17, 15) is 19.8 Å². The molecule has 140 valence electrons. The topological polar surface area (TPSA) is 94.8 Å². The van der Waals surface area contributed by atoms with Crippen LogP contribution in [0.2, 0.25) is 0 Å². The van der Waals surface area contributed by atoms with Crippen LogP contribution in [-0.2, 0) is 9.59 Å². The minimum atomic E-state index is -0.803. The number of aliphatic carboxylic acids is 1. The molecule has 0 aromatic rings. The van der Waals surface area contributed by atoms with Gasteiger partial charge in [0.15, 0.2) is 0 Å². The third kappa shape index (κ3) is 8.27. The second-order valence-electron chi connectivity index (χ2n) is 6.49. The first-order valence-electron chi connectivity index (χ1n) is 9.04.